The Labute approximate surface area is 211 Å². The summed E-state index contributed by atoms with van der Waals surface area (Å²) in [5, 5.41) is 0. The standard InChI is InChI=1S/C30H42N2O3/c1-22(2)18-27(21-35-20-24-9-7-8-23(3)19-24)32-17-16-31(15-14-28(32)33)29(34)25-10-12-26(13-11-25)30(4,5)6/h7-13,19,22,27H,14-18,20-21H2,1-6H3/t27-/m0/s1. The van der Waals surface area contributed by atoms with Crippen molar-refractivity contribution in [2.45, 2.75) is 72.4 Å². The van der Waals surface area contributed by atoms with Gasteiger partial charge in [-0.25, -0.2) is 0 Å². The molecule has 5 nitrogen and oxygen atoms in total. The number of hydrogen-bond acceptors (Lipinski definition) is 3. The predicted molar refractivity (Wildman–Crippen MR) is 141 cm³/mol. The van der Waals surface area contributed by atoms with Crippen LogP contribution in [0.1, 0.15) is 74.5 Å². The van der Waals surface area contributed by atoms with Crippen molar-refractivity contribution in [3.63, 3.8) is 0 Å². The first-order chi connectivity index (χ1) is 16.5. The van der Waals surface area contributed by atoms with Gasteiger partial charge in [-0.05, 0) is 47.9 Å². The summed E-state index contributed by atoms with van der Waals surface area (Å²) in [6.07, 6.45) is 1.22. The first kappa shape index (κ1) is 26.9. The van der Waals surface area contributed by atoms with Gasteiger partial charge in [0.25, 0.3) is 5.91 Å². The van der Waals surface area contributed by atoms with Gasteiger partial charge >= 0.3 is 0 Å². The lowest BCUT2D eigenvalue weighted by Gasteiger charge is -2.32. The van der Waals surface area contributed by atoms with Crippen LogP contribution in [0.3, 0.4) is 0 Å². The van der Waals surface area contributed by atoms with Crippen LogP contribution in [0.4, 0.5) is 0 Å². The van der Waals surface area contributed by atoms with E-state index in [1.54, 1.807) is 0 Å². The molecular formula is C30H42N2O3. The van der Waals surface area contributed by atoms with Gasteiger partial charge in [-0.2, -0.15) is 0 Å². The highest BCUT2D eigenvalue weighted by atomic mass is 16.5. The topological polar surface area (TPSA) is 49.9 Å². The second kappa shape index (κ2) is 11.9. The Kier molecular flexibility index (Phi) is 9.12. The zero-order valence-corrected chi connectivity index (χ0v) is 22.3. The van der Waals surface area contributed by atoms with Gasteiger partial charge in [0.05, 0.1) is 19.3 Å². The maximum Gasteiger partial charge on any atom is 0.253 e. The molecule has 190 valence electrons. The monoisotopic (exact) mass is 478 g/mol. The molecular weight excluding hydrogens is 436 g/mol. The quantitative estimate of drug-likeness (QED) is 0.496. The van der Waals surface area contributed by atoms with Gasteiger partial charge in [0, 0.05) is 31.6 Å². The third-order valence-corrected chi connectivity index (χ3v) is 6.66. The maximum atomic E-state index is 13.2. The number of ether oxygens (including phenoxy) is 1. The highest BCUT2D eigenvalue weighted by Crippen LogP contribution is 2.23. The average molecular weight is 479 g/mol. The number of aryl methyl sites for hydroxylation is 1. The molecule has 1 aliphatic rings. The molecule has 35 heavy (non-hydrogen) atoms. The fourth-order valence-corrected chi connectivity index (χ4v) is 4.67. The predicted octanol–water partition coefficient (Wildman–Crippen LogP) is 5.60. The molecule has 0 saturated carbocycles. The number of amides is 2. The minimum Gasteiger partial charge on any atom is -0.375 e. The van der Waals surface area contributed by atoms with Crippen LogP contribution >= 0.6 is 0 Å². The van der Waals surface area contributed by atoms with Crippen LogP contribution in [0.15, 0.2) is 48.5 Å². The molecule has 3 rings (SSSR count). The molecule has 0 spiro atoms. The third-order valence-electron chi connectivity index (χ3n) is 6.66. The van der Waals surface area contributed by atoms with E-state index < -0.39 is 0 Å². The van der Waals surface area contributed by atoms with Gasteiger partial charge in [-0.1, -0.05) is 76.6 Å². The number of nitrogens with zero attached hydrogens (tertiary/aromatic N) is 2. The molecule has 0 aliphatic carbocycles. The Morgan fingerprint density at radius 1 is 1.03 bits per heavy atom. The number of carbonyl (C=O) groups is 2. The van der Waals surface area contributed by atoms with Crippen molar-refractivity contribution in [2.24, 2.45) is 5.92 Å². The molecule has 0 radical (unpaired) electrons. The summed E-state index contributed by atoms with van der Waals surface area (Å²) in [6.45, 7) is 15.5. The molecule has 5 heteroatoms. The summed E-state index contributed by atoms with van der Waals surface area (Å²) in [5.74, 6) is 0.544. The SMILES string of the molecule is Cc1cccc(COC[C@H](CC(C)C)N2CCN(C(=O)c3ccc(C(C)(C)C)cc3)CCC2=O)c1. The third kappa shape index (κ3) is 7.66. The fraction of sp³-hybridized carbons (Fsp3) is 0.533. The van der Waals surface area contributed by atoms with E-state index in [0.29, 0.717) is 50.8 Å². The van der Waals surface area contributed by atoms with Crippen molar-refractivity contribution in [2.75, 3.05) is 26.2 Å². The van der Waals surface area contributed by atoms with Gasteiger partial charge in [-0.15, -0.1) is 0 Å². The number of rotatable bonds is 8. The first-order valence-corrected chi connectivity index (χ1v) is 12.9. The smallest absolute Gasteiger partial charge is 0.253 e. The summed E-state index contributed by atoms with van der Waals surface area (Å²) in [4.78, 5) is 30.1. The molecule has 1 aliphatic heterocycles. The van der Waals surface area contributed by atoms with E-state index in [4.69, 9.17) is 4.74 Å². The Balaban J connectivity index is 1.64. The normalized spacial score (nSPS) is 15.9. The van der Waals surface area contributed by atoms with Crippen LogP contribution in [0.2, 0.25) is 0 Å². The van der Waals surface area contributed by atoms with E-state index in [1.165, 1.54) is 11.1 Å². The van der Waals surface area contributed by atoms with Crippen molar-refractivity contribution in [3.05, 3.63) is 70.8 Å². The van der Waals surface area contributed by atoms with Crippen LogP contribution in [0, 0.1) is 12.8 Å². The molecule has 2 aromatic carbocycles. The minimum absolute atomic E-state index is 0.00350. The lowest BCUT2D eigenvalue weighted by atomic mass is 9.86. The summed E-state index contributed by atoms with van der Waals surface area (Å²) >= 11 is 0. The van der Waals surface area contributed by atoms with Crippen LogP contribution in [0.25, 0.3) is 0 Å². The average Bonchev–Trinajstić information content (AvgIpc) is 2.99. The van der Waals surface area contributed by atoms with E-state index in [1.807, 2.05) is 40.1 Å². The molecule has 1 atom stereocenters. The highest BCUT2D eigenvalue weighted by Gasteiger charge is 2.30. The molecule has 2 amide bonds. The largest absolute Gasteiger partial charge is 0.375 e. The van der Waals surface area contributed by atoms with Crippen LogP contribution in [-0.2, 0) is 21.6 Å². The molecule has 1 saturated heterocycles. The number of carbonyl (C=O) groups excluding carboxylic acids is 2. The zero-order chi connectivity index (χ0) is 25.6. The number of benzene rings is 2. The summed E-state index contributed by atoms with van der Waals surface area (Å²) < 4.78 is 6.09. The Hall–Kier alpha value is -2.66. The van der Waals surface area contributed by atoms with E-state index >= 15 is 0 Å². The first-order valence-electron chi connectivity index (χ1n) is 12.9. The minimum atomic E-state index is -0.00350. The van der Waals surface area contributed by atoms with Crippen LogP contribution < -0.4 is 0 Å². The Morgan fingerprint density at radius 2 is 1.74 bits per heavy atom. The molecule has 1 heterocycles. The van der Waals surface area contributed by atoms with Crippen LogP contribution in [-0.4, -0.2) is 53.9 Å². The van der Waals surface area contributed by atoms with Crippen molar-refractivity contribution in [1.82, 2.24) is 9.80 Å². The number of hydrogen-bond donors (Lipinski definition) is 0. The van der Waals surface area contributed by atoms with Crippen molar-refractivity contribution in [1.29, 1.82) is 0 Å². The molecule has 0 bridgehead atoms. The van der Waals surface area contributed by atoms with E-state index in [-0.39, 0.29) is 23.3 Å². The van der Waals surface area contributed by atoms with Crippen molar-refractivity contribution in [3.8, 4) is 0 Å². The van der Waals surface area contributed by atoms with Gasteiger partial charge < -0.3 is 14.5 Å². The zero-order valence-electron chi connectivity index (χ0n) is 22.3. The van der Waals surface area contributed by atoms with Gasteiger partial charge in [0.1, 0.15) is 0 Å². The van der Waals surface area contributed by atoms with E-state index in [2.05, 4.69) is 59.7 Å². The Bertz CT molecular complexity index is 991. The van der Waals surface area contributed by atoms with Gasteiger partial charge in [0.2, 0.25) is 5.91 Å². The van der Waals surface area contributed by atoms with Crippen LogP contribution in [0.5, 0.6) is 0 Å². The van der Waals surface area contributed by atoms with Crippen molar-refractivity contribution >= 4 is 11.8 Å². The molecule has 2 aromatic rings. The summed E-state index contributed by atoms with van der Waals surface area (Å²) in [5.41, 5.74) is 4.28. The van der Waals surface area contributed by atoms with E-state index in [0.717, 1.165) is 12.0 Å². The maximum absolute atomic E-state index is 13.2. The highest BCUT2D eigenvalue weighted by molar-refractivity contribution is 5.94. The summed E-state index contributed by atoms with van der Waals surface area (Å²) in [6, 6.07) is 16.2. The Morgan fingerprint density at radius 3 is 2.37 bits per heavy atom. The fourth-order valence-electron chi connectivity index (χ4n) is 4.67. The van der Waals surface area contributed by atoms with E-state index in [9.17, 15) is 9.59 Å². The molecule has 0 N–H and O–H groups in total. The molecule has 0 unspecified atom stereocenters. The lowest BCUT2D eigenvalue weighted by Crippen LogP contribution is -2.45. The second-order valence-electron chi connectivity index (χ2n) is 11.2. The molecule has 0 aromatic heterocycles. The van der Waals surface area contributed by atoms with Gasteiger partial charge in [0.15, 0.2) is 0 Å². The lowest BCUT2D eigenvalue weighted by molar-refractivity contribution is -0.134. The summed E-state index contributed by atoms with van der Waals surface area (Å²) in [7, 11) is 0. The second-order valence-corrected chi connectivity index (χ2v) is 11.2. The molecule has 1 fully saturated rings. The van der Waals surface area contributed by atoms with Crippen molar-refractivity contribution < 1.29 is 14.3 Å². The van der Waals surface area contributed by atoms with Gasteiger partial charge in [-0.3, -0.25) is 9.59 Å².